The average molecular weight is 397 g/mol. The molecule has 0 unspecified atom stereocenters. The Kier molecular flexibility index (Phi) is 8.09. The first-order valence-corrected chi connectivity index (χ1v) is 8.88. The van der Waals surface area contributed by atoms with Gasteiger partial charge in [0.05, 0.1) is 44.9 Å². The van der Waals surface area contributed by atoms with Crippen LogP contribution in [-0.2, 0) is 0 Å². The number of halogens is 2. The minimum atomic E-state index is 0. The summed E-state index contributed by atoms with van der Waals surface area (Å²) >= 11 is 5.83. The van der Waals surface area contributed by atoms with E-state index in [1.165, 1.54) is 4.90 Å². The second kappa shape index (κ2) is 10.3. The van der Waals surface area contributed by atoms with E-state index in [0.717, 1.165) is 39.1 Å². The lowest BCUT2D eigenvalue weighted by molar-refractivity contribution is -0.904. The highest BCUT2D eigenvalue weighted by molar-refractivity contribution is 6.29. The highest BCUT2D eigenvalue weighted by Crippen LogP contribution is 2.11. The average Bonchev–Trinajstić information content (AvgIpc) is 2.66. The number of aromatic nitrogens is 2. The van der Waals surface area contributed by atoms with Gasteiger partial charge < -0.3 is 26.9 Å². The van der Waals surface area contributed by atoms with Crippen molar-refractivity contribution in [1.29, 1.82) is 0 Å². The molecule has 0 aliphatic carbocycles. The third kappa shape index (κ3) is 5.83. The van der Waals surface area contributed by atoms with Crippen molar-refractivity contribution in [3.8, 4) is 5.88 Å². The molecule has 8 heteroatoms. The SMILES string of the molecule is O=C(c1cccnc1)N1CC[NH+](CCCOc2cccc(Cl)n2)CC1.[Cl-]. The fraction of sp³-hybridized carbons (Fsp3) is 0.389. The molecule has 0 spiro atoms. The third-order valence-corrected chi connectivity index (χ3v) is 4.49. The Bertz CT molecular complexity index is 695. The van der Waals surface area contributed by atoms with Gasteiger partial charge in [0.2, 0.25) is 5.88 Å². The maximum atomic E-state index is 12.4. The number of quaternary nitrogens is 1. The van der Waals surface area contributed by atoms with Gasteiger partial charge in [-0.05, 0) is 18.2 Å². The van der Waals surface area contributed by atoms with Gasteiger partial charge in [-0.15, -0.1) is 0 Å². The van der Waals surface area contributed by atoms with E-state index >= 15 is 0 Å². The van der Waals surface area contributed by atoms with Crippen LogP contribution >= 0.6 is 11.6 Å². The van der Waals surface area contributed by atoms with E-state index < -0.39 is 0 Å². The van der Waals surface area contributed by atoms with Crippen molar-refractivity contribution >= 4 is 17.5 Å². The number of nitrogens with one attached hydrogen (secondary N) is 1. The molecule has 1 fully saturated rings. The molecule has 0 radical (unpaired) electrons. The first-order valence-electron chi connectivity index (χ1n) is 8.50. The van der Waals surface area contributed by atoms with E-state index in [2.05, 4.69) is 9.97 Å². The van der Waals surface area contributed by atoms with Crippen LogP contribution in [0.15, 0.2) is 42.7 Å². The normalized spacial score (nSPS) is 14.6. The Labute approximate surface area is 164 Å². The molecular formula is C18H22Cl2N4O2. The van der Waals surface area contributed by atoms with Gasteiger partial charge >= 0.3 is 0 Å². The first-order chi connectivity index (χ1) is 12.2. The van der Waals surface area contributed by atoms with Crippen molar-refractivity contribution in [2.75, 3.05) is 39.3 Å². The zero-order chi connectivity index (χ0) is 17.5. The number of piperazine rings is 1. The quantitative estimate of drug-likeness (QED) is 0.450. The summed E-state index contributed by atoms with van der Waals surface area (Å²) in [6, 6.07) is 8.97. The van der Waals surface area contributed by atoms with Crippen molar-refractivity contribution in [3.63, 3.8) is 0 Å². The summed E-state index contributed by atoms with van der Waals surface area (Å²) in [4.78, 5) is 23.9. The molecule has 0 bridgehead atoms. The van der Waals surface area contributed by atoms with E-state index in [1.54, 1.807) is 24.5 Å². The first kappa shape index (κ1) is 20.4. The molecule has 26 heavy (non-hydrogen) atoms. The number of ether oxygens (including phenoxy) is 1. The number of rotatable bonds is 6. The molecule has 0 aromatic carbocycles. The molecular weight excluding hydrogens is 375 g/mol. The van der Waals surface area contributed by atoms with Crippen molar-refractivity contribution in [3.05, 3.63) is 53.4 Å². The van der Waals surface area contributed by atoms with Crippen LogP contribution in [0.3, 0.4) is 0 Å². The fourth-order valence-electron chi connectivity index (χ4n) is 2.92. The van der Waals surface area contributed by atoms with Crippen molar-refractivity contribution in [2.24, 2.45) is 0 Å². The molecule has 140 valence electrons. The van der Waals surface area contributed by atoms with Crippen LogP contribution in [-0.4, -0.2) is 60.1 Å². The summed E-state index contributed by atoms with van der Waals surface area (Å²) in [6.07, 6.45) is 4.25. The van der Waals surface area contributed by atoms with Crippen LogP contribution in [0.4, 0.5) is 0 Å². The Hall–Kier alpha value is -1.89. The topological polar surface area (TPSA) is 59.8 Å². The number of carbonyl (C=O) groups is 1. The summed E-state index contributed by atoms with van der Waals surface area (Å²) in [5.41, 5.74) is 0.661. The van der Waals surface area contributed by atoms with Crippen LogP contribution < -0.4 is 22.0 Å². The van der Waals surface area contributed by atoms with Gasteiger partial charge in [0, 0.05) is 24.9 Å². The summed E-state index contributed by atoms with van der Waals surface area (Å²) in [5, 5.41) is 0.442. The van der Waals surface area contributed by atoms with Gasteiger partial charge in [-0.1, -0.05) is 17.7 Å². The Morgan fingerprint density at radius 2 is 2.04 bits per heavy atom. The van der Waals surface area contributed by atoms with Crippen LogP contribution in [0, 0.1) is 0 Å². The smallest absolute Gasteiger partial charge is 0.255 e. The summed E-state index contributed by atoms with van der Waals surface area (Å²) in [5.74, 6) is 0.636. The monoisotopic (exact) mass is 396 g/mol. The standard InChI is InChI=1S/C18H21ClN4O2.ClH/c19-16-5-1-6-17(21-16)25-13-3-8-22-9-11-23(12-10-22)18(24)15-4-2-7-20-14-15;/h1-2,4-7,14H,3,8-13H2;1H. The molecule has 1 aliphatic heterocycles. The lowest BCUT2D eigenvalue weighted by Gasteiger charge is -2.32. The zero-order valence-corrected chi connectivity index (χ0v) is 15.9. The largest absolute Gasteiger partial charge is 1.00 e. The van der Waals surface area contributed by atoms with E-state index in [0.29, 0.717) is 23.2 Å². The fourth-order valence-corrected chi connectivity index (χ4v) is 3.07. The third-order valence-electron chi connectivity index (χ3n) is 4.28. The number of nitrogens with zero attached hydrogens (tertiary/aromatic N) is 3. The van der Waals surface area contributed by atoms with E-state index in [9.17, 15) is 4.79 Å². The Balaban J connectivity index is 0.00000243. The van der Waals surface area contributed by atoms with Crippen LogP contribution in [0.25, 0.3) is 0 Å². The summed E-state index contributed by atoms with van der Waals surface area (Å²) in [6.45, 7) is 5.12. The van der Waals surface area contributed by atoms with E-state index in [4.69, 9.17) is 16.3 Å². The van der Waals surface area contributed by atoms with Gasteiger partial charge in [-0.2, -0.15) is 0 Å². The molecule has 3 rings (SSSR count). The molecule has 3 heterocycles. The highest BCUT2D eigenvalue weighted by Gasteiger charge is 2.24. The van der Waals surface area contributed by atoms with Crippen LogP contribution in [0.5, 0.6) is 5.88 Å². The molecule has 0 saturated carbocycles. The molecule has 2 aromatic heterocycles. The molecule has 6 nitrogen and oxygen atoms in total. The van der Waals surface area contributed by atoms with Gasteiger partial charge in [-0.3, -0.25) is 9.78 Å². The predicted molar refractivity (Wildman–Crippen MR) is 95.1 cm³/mol. The Morgan fingerprint density at radius 3 is 2.73 bits per heavy atom. The molecule has 1 N–H and O–H groups in total. The molecule has 0 atom stereocenters. The number of amides is 1. The Morgan fingerprint density at radius 1 is 1.23 bits per heavy atom. The van der Waals surface area contributed by atoms with Gasteiger partial charge in [-0.25, -0.2) is 4.98 Å². The number of pyridine rings is 2. The van der Waals surface area contributed by atoms with Gasteiger partial charge in [0.1, 0.15) is 5.15 Å². The second-order valence-electron chi connectivity index (χ2n) is 6.03. The molecule has 2 aromatic rings. The second-order valence-corrected chi connectivity index (χ2v) is 6.42. The summed E-state index contributed by atoms with van der Waals surface area (Å²) < 4.78 is 5.61. The minimum Gasteiger partial charge on any atom is -1.00 e. The zero-order valence-electron chi connectivity index (χ0n) is 14.4. The minimum absolute atomic E-state index is 0. The van der Waals surface area contributed by atoms with Crippen LogP contribution in [0.1, 0.15) is 16.8 Å². The van der Waals surface area contributed by atoms with E-state index in [-0.39, 0.29) is 18.3 Å². The van der Waals surface area contributed by atoms with Crippen molar-refractivity contribution in [2.45, 2.75) is 6.42 Å². The predicted octanol–water partition coefficient (Wildman–Crippen LogP) is -2.06. The van der Waals surface area contributed by atoms with Crippen molar-refractivity contribution in [1.82, 2.24) is 14.9 Å². The number of hydrogen-bond donors (Lipinski definition) is 1. The lowest BCUT2D eigenvalue weighted by Crippen LogP contribution is -3.14. The number of hydrogen-bond acceptors (Lipinski definition) is 4. The van der Waals surface area contributed by atoms with Gasteiger partial charge in [0.15, 0.2) is 0 Å². The molecule has 1 amide bonds. The maximum absolute atomic E-state index is 12.4. The van der Waals surface area contributed by atoms with Gasteiger partial charge in [0.25, 0.3) is 5.91 Å². The highest BCUT2D eigenvalue weighted by atomic mass is 35.5. The van der Waals surface area contributed by atoms with E-state index in [1.807, 2.05) is 23.1 Å². The lowest BCUT2D eigenvalue weighted by atomic mass is 10.2. The summed E-state index contributed by atoms with van der Waals surface area (Å²) in [7, 11) is 0. The molecule has 1 aliphatic rings. The van der Waals surface area contributed by atoms with Crippen LogP contribution in [0.2, 0.25) is 5.15 Å². The van der Waals surface area contributed by atoms with Crippen molar-refractivity contribution < 1.29 is 26.8 Å². The maximum Gasteiger partial charge on any atom is 0.255 e. The number of carbonyl (C=O) groups excluding carboxylic acids is 1. The molecule has 1 saturated heterocycles.